The van der Waals surface area contributed by atoms with E-state index < -0.39 is 11.1 Å². The Hall–Kier alpha value is -1.29. The van der Waals surface area contributed by atoms with E-state index >= 15 is 0 Å². The van der Waals surface area contributed by atoms with E-state index in [4.69, 9.17) is 0 Å². The van der Waals surface area contributed by atoms with E-state index in [0.717, 1.165) is 11.5 Å². The average Bonchev–Trinajstić information content (AvgIpc) is 2.15. The minimum Gasteiger partial charge on any atom is -0.388 e. The van der Waals surface area contributed by atoms with Crippen LogP contribution in [-0.2, 0) is 0 Å². The highest BCUT2D eigenvalue weighted by Gasteiger charge is 2.34. The minimum absolute atomic E-state index is 0.417. The Morgan fingerprint density at radius 1 is 1.25 bits per heavy atom. The number of nitrogens with one attached hydrogen (secondary N) is 2. The summed E-state index contributed by atoms with van der Waals surface area (Å²) >= 11 is 0. The van der Waals surface area contributed by atoms with E-state index in [2.05, 4.69) is 15.6 Å². The van der Waals surface area contributed by atoms with Gasteiger partial charge in [0.15, 0.2) is 0 Å². The van der Waals surface area contributed by atoms with E-state index in [1.807, 2.05) is 33.0 Å². The quantitative estimate of drug-likeness (QED) is 0.731. The highest BCUT2D eigenvalue weighted by molar-refractivity contribution is 5.53. The van der Waals surface area contributed by atoms with Gasteiger partial charge in [0.25, 0.3) is 0 Å². The Labute approximate surface area is 97.1 Å². The van der Waals surface area contributed by atoms with Crippen molar-refractivity contribution in [1.82, 2.24) is 4.98 Å². The van der Waals surface area contributed by atoms with Crippen LogP contribution in [-0.4, -0.2) is 28.3 Å². The van der Waals surface area contributed by atoms with Gasteiger partial charge in [0.05, 0.1) is 11.1 Å². The van der Waals surface area contributed by atoms with Crippen molar-refractivity contribution >= 4 is 11.5 Å². The maximum absolute atomic E-state index is 10.0. The molecule has 0 saturated carbocycles. The van der Waals surface area contributed by atoms with Crippen LogP contribution in [0.3, 0.4) is 0 Å². The number of hydrogen-bond donors (Lipinski definition) is 3. The van der Waals surface area contributed by atoms with Crippen molar-refractivity contribution in [2.75, 3.05) is 17.7 Å². The summed E-state index contributed by atoms with van der Waals surface area (Å²) in [4.78, 5) is 4.14. The second kappa shape index (κ2) is 4.29. The van der Waals surface area contributed by atoms with Crippen LogP contribution in [0.2, 0.25) is 0 Å². The highest BCUT2D eigenvalue weighted by atomic mass is 16.3. The smallest absolute Gasteiger partial charge is 0.127 e. The van der Waals surface area contributed by atoms with Crippen molar-refractivity contribution in [3.05, 3.63) is 18.3 Å². The number of nitrogens with zero attached hydrogens (tertiary/aromatic N) is 1. The summed E-state index contributed by atoms with van der Waals surface area (Å²) in [5.41, 5.74) is -0.290. The van der Waals surface area contributed by atoms with E-state index in [1.54, 1.807) is 20.0 Å². The van der Waals surface area contributed by atoms with Crippen LogP contribution in [0.25, 0.3) is 0 Å². The molecule has 0 aliphatic heterocycles. The lowest BCUT2D eigenvalue weighted by atomic mass is 9.86. The first kappa shape index (κ1) is 12.8. The lowest BCUT2D eigenvalue weighted by molar-refractivity contribution is 0.0240. The predicted molar refractivity (Wildman–Crippen MR) is 67.8 cm³/mol. The molecule has 0 radical (unpaired) electrons. The molecule has 0 aliphatic carbocycles. The molecule has 90 valence electrons. The largest absolute Gasteiger partial charge is 0.388 e. The topological polar surface area (TPSA) is 57.2 Å². The molecule has 3 N–H and O–H groups in total. The van der Waals surface area contributed by atoms with Crippen LogP contribution in [0.1, 0.15) is 27.7 Å². The SMILES string of the molecule is CNc1cc(NC(C)(C)C(C)(C)O)ccn1. The zero-order valence-electron chi connectivity index (χ0n) is 10.6. The monoisotopic (exact) mass is 223 g/mol. The highest BCUT2D eigenvalue weighted by Crippen LogP contribution is 2.26. The average molecular weight is 223 g/mol. The molecule has 16 heavy (non-hydrogen) atoms. The Morgan fingerprint density at radius 3 is 2.38 bits per heavy atom. The van der Waals surface area contributed by atoms with Crippen molar-refractivity contribution in [3.8, 4) is 0 Å². The number of rotatable bonds is 4. The first-order chi connectivity index (χ1) is 7.26. The summed E-state index contributed by atoms with van der Waals surface area (Å²) in [5, 5.41) is 16.3. The summed E-state index contributed by atoms with van der Waals surface area (Å²) in [6, 6.07) is 3.79. The van der Waals surface area contributed by atoms with Crippen LogP contribution >= 0.6 is 0 Å². The fraction of sp³-hybridized carbons (Fsp3) is 0.583. The Balaban J connectivity index is 2.88. The molecule has 1 rings (SSSR count). The summed E-state index contributed by atoms with van der Waals surface area (Å²) in [5.74, 6) is 0.802. The van der Waals surface area contributed by atoms with Gasteiger partial charge >= 0.3 is 0 Å². The van der Waals surface area contributed by atoms with Gasteiger partial charge in [-0.3, -0.25) is 0 Å². The van der Waals surface area contributed by atoms with Crippen molar-refractivity contribution in [3.63, 3.8) is 0 Å². The standard InChI is InChI=1S/C12H21N3O/c1-11(2,12(3,4)16)15-9-6-7-14-10(8-9)13-5/h6-8,16H,1-5H3,(H2,13,14,15). The molecule has 0 aliphatic rings. The fourth-order valence-corrected chi connectivity index (χ4v) is 1.16. The number of aliphatic hydroxyl groups is 1. The number of pyridine rings is 1. The molecule has 1 aromatic heterocycles. The van der Waals surface area contributed by atoms with Gasteiger partial charge in [0.1, 0.15) is 5.82 Å². The molecule has 0 unspecified atom stereocenters. The summed E-state index contributed by atoms with van der Waals surface area (Å²) < 4.78 is 0. The Morgan fingerprint density at radius 2 is 1.88 bits per heavy atom. The van der Waals surface area contributed by atoms with Gasteiger partial charge < -0.3 is 15.7 Å². The maximum atomic E-state index is 10.0. The molecule has 0 atom stereocenters. The lowest BCUT2D eigenvalue weighted by Gasteiger charge is -2.38. The van der Waals surface area contributed by atoms with E-state index in [0.29, 0.717) is 0 Å². The summed E-state index contributed by atoms with van der Waals surface area (Å²) in [6.45, 7) is 7.51. The van der Waals surface area contributed by atoms with E-state index in [9.17, 15) is 5.11 Å². The van der Waals surface area contributed by atoms with E-state index in [-0.39, 0.29) is 0 Å². The van der Waals surface area contributed by atoms with E-state index in [1.165, 1.54) is 0 Å². The van der Waals surface area contributed by atoms with Crippen LogP contribution in [0.15, 0.2) is 18.3 Å². The molecule has 0 bridgehead atoms. The van der Waals surface area contributed by atoms with Gasteiger partial charge in [0.2, 0.25) is 0 Å². The first-order valence-corrected chi connectivity index (χ1v) is 5.40. The molecular weight excluding hydrogens is 202 g/mol. The summed E-state index contributed by atoms with van der Waals surface area (Å²) in [6.07, 6.45) is 1.73. The molecule has 4 heteroatoms. The van der Waals surface area contributed by atoms with Crippen LogP contribution in [0, 0.1) is 0 Å². The zero-order valence-corrected chi connectivity index (χ0v) is 10.6. The lowest BCUT2D eigenvalue weighted by Crippen LogP contribution is -2.51. The molecule has 1 heterocycles. The van der Waals surface area contributed by atoms with Crippen LogP contribution in [0.5, 0.6) is 0 Å². The molecule has 0 spiro atoms. The first-order valence-electron chi connectivity index (χ1n) is 5.40. The predicted octanol–water partition coefficient (Wildman–Crippen LogP) is 2.08. The molecular formula is C12H21N3O. The third kappa shape index (κ3) is 2.85. The Kier molecular flexibility index (Phi) is 3.43. The molecule has 0 saturated heterocycles. The minimum atomic E-state index is -0.809. The second-order valence-electron chi connectivity index (χ2n) is 4.99. The van der Waals surface area contributed by atoms with Gasteiger partial charge in [-0.2, -0.15) is 0 Å². The third-order valence-electron chi connectivity index (χ3n) is 3.00. The fourth-order valence-electron chi connectivity index (χ4n) is 1.16. The molecule has 0 fully saturated rings. The van der Waals surface area contributed by atoms with Gasteiger partial charge in [-0.15, -0.1) is 0 Å². The van der Waals surface area contributed by atoms with Crippen LogP contribution in [0.4, 0.5) is 11.5 Å². The van der Waals surface area contributed by atoms with Crippen molar-refractivity contribution in [2.45, 2.75) is 38.8 Å². The van der Waals surface area contributed by atoms with Gasteiger partial charge in [-0.1, -0.05) is 0 Å². The van der Waals surface area contributed by atoms with Gasteiger partial charge in [0, 0.05) is 25.0 Å². The molecule has 0 amide bonds. The number of anilines is 2. The second-order valence-corrected chi connectivity index (χ2v) is 4.99. The van der Waals surface area contributed by atoms with Crippen LogP contribution < -0.4 is 10.6 Å². The molecule has 4 nitrogen and oxygen atoms in total. The normalized spacial score (nSPS) is 12.4. The van der Waals surface area contributed by atoms with Crippen molar-refractivity contribution in [2.24, 2.45) is 0 Å². The summed E-state index contributed by atoms with van der Waals surface area (Å²) in [7, 11) is 1.83. The molecule has 0 aromatic carbocycles. The maximum Gasteiger partial charge on any atom is 0.127 e. The van der Waals surface area contributed by atoms with Gasteiger partial charge in [-0.25, -0.2) is 4.98 Å². The molecule has 1 aromatic rings. The number of aromatic nitrogens is 1. The van der Waals surface area contributed by atoms with Crippen molar-refractivity contribution < 1.29 is 5.11 Å². The zero-order chi connectivity index (χ0) is 12.4. The van der Waals surface area contributed by atoms with Crippen molar-refractivity contribution in [1.29, 1.82) is 0 Å². The Bertz CT molecular complexity index is 356. The van der Waals surface area contributed by atoms with Gasteiger partial charge in [-0.05, 0) is 33.8 Å². The number of hydrogen-bond acceptors (Lipinski definition) is 4. The third-order valence-corrected chi connectivity index (χ3v) is 3.00.